The molecule has 5 heteroatoms. The summed E-state index contributed by atoms with van der Waals surface area (Å²) in [5.74, 6) is 1.70. The maximum absolute atomic E-state index is 12.5. The van der Waals surface area contributed by atoms with Gasteiger partial charge in [-0.25, -0.2) is 4.98 Å². The van der Waals surface area contributed by atoms with Gasteiger partial charge in [-0.1, -0.05) is 6.92 Å². The molecule has 2 fully saturated rings. The third-order valence-corrected chi connectivity index (χ3v) is 5.18. The van der Waals surface area contributed by atoms with Crippen molar-refractivity contribution >= 4 is 11.7 Å². The molecule has 0 spiro atoms. The molecule has 0 aliphatic carbocycles. The van der Waals surface area contributed by atoms with Crippen LogP contribution in [0.4, 0.5) is 5.82 Å². The summed E-state index contributed by atoms with van der Waals surface area (Å²) in [5, 5.41) is 6.96. The molecule has 3 heterocycles. The standard InChI is InChI=1S/C18H28N4O/c1-13-7-10-22(11-8-13)18(23)15-5-6-17(20-12-15)21-16-4-3-9-19-14(16)2/h5-6,12-14,16,19H,3-4,7-11H2,1-2H3,(H,20,21). The quantitative estimate of drug-likeness (QED) is 0.899. The molecular weight excluding hydrogens is 288 g/mol. The number of likely N-dealkylation sites (tertiary alicyclic amines) is 1. The van der Waals surface area contributed by atoms with Gasteiger partial charge in [0.05, 0.1) is 5.56 Å². The molecule has 2 aliphatic rings. The van der Waals surface area contributed by atoms with Crippen molar-refractivity contribution in [2.75, 3.05) is 25.0 Å². The molecule has 23 heavy (non-hydrogen) atoms. The van der Waals surface area contributed by atoms with Crippen LogP contribution in [0.15, 0.2) is 18.3 Å². The molecule has 1 aromatic heterocycles. The van der Waals surface area contributed by atoms with E-state index in [1.54, 1.807) is 6.20 Å². The average molecular weight is 316 g/mol. The lowest BCUT2D eigenvalue weighted by Crippen LogP contribution is -2.46. The van der Waals surface area contributed by atoms with Crippen LogP contribution in [-0.2, 0) is 0 Å². The smallest absolute Gasteiger partial charge is 0.255 e. The van der Waals surface area contributed by atoms with Crippen LogP contribution in [0.1, 0.15) is 49.9 Å². The predicted octanol–water partition coefficient (Wildman–Crippen LogP) is 2.51. The molecule has 1 aromatic rings. The van der Waals surface area contributed by atoms with Gasteiger partial charge in [0, 0.05) is 31.4 Å². The number of amides is 1. The van der Waals surface area contributed by atoms with E-state index in [2.05, 4.69) is 29.5 Å². The lowest BCUT2D eigenvalue weighted by atomic mass is 9.99. The van der Waals surface area contributed by atoms with Crippen LogP contribution in [0.2, 0.25) is 0 Å². The van der Waals surface area contributed by atoms with Crippen molar-refractivity contribution in [3.05, 3.63) is 23.9 Å². The maximum Gasteiger partial charge on any atom is 0.255 e. The average Bonchev–Trinajstić information content (AvgIpc) is 2.58. The SMILES string of the molecule is CC1CCN(C(=O)c2ccc(NC3CCCNC3C)nc2)CC1. The lowest BCUT2D eigenvalue weighted by Gasteiger charge is -2.31. The number of anilines is 1. The van der Waals surface area contributed by atoms with E-state index in [4.69, 9.17) is 0 Å². The minimum atomic E-state index is 0.114. The molecular formula is C18H28N4O. The molecule has 0 saturated carbocycles. The van der Waals surface area contributed by atoms with E-state index in [-0.39, 0.29) is 5.91 Å². The predicted molar refractivity (Wildman–Crippen MR) is 92.6 cm³/mol. The van der Waals surface area contributed by atoms with E-state index in [9.17, 15) is 4.79 Å². The first-order chi connectivity index (χ1) is 11.1. The third kappa shape index (κ3) is 4.02. The van der Waals surface area contributed by atoms with Crippen molar-refractivity contribution in [1.29, 1.82) is 0 Å². The van der Waals surface area contributed by atoms with Crippen molar-refractivity contribution in [2.24, 2.45) is 5.92 Å². The number of carbonyl (C=O) groups excluding carboxylic acids is 1. The van der Waals surface area contributed by atoms with E-state index in [0.29, 0.717) is 17.6 Å². The minimum Gasteiger partial charge on any atom is -0.366 e. The summed E-state index contributed by atoms with van der Waals surface area (Å²) in [6.45, 7) is 7.28. The monoisotopic (exact) mass is 316 g/mol. The molecule has 2 unspecified atom stereocenters. The van der Waals surface area contributed by atoms with Crippen LogP contribution in [0, 0.1) is 5.92 Å². The number of piperidine rings is 2. The zero-order chi connectivity index (χ0) is 16.2. The molecule has 2 saturated heterocycles. The van der Waals surface area contributed by atoms with Crippen molar-refractivity contribution in [3.8, 4) is 0 Å². The molecule has 0 aromatic carbocycles. The van der Waals surface area contributed by atoms with Gasteiger partial charge < -0.3 is 15.5 Å². The Balaban J connectivity index is 1.59. The highest BCUT2D eigenvalue weighted by atomic mass is 16.2. The van der Waals surface area contributed by atoms with E-state index in [1.807, 2.05) is 17.0 Å². The molecule has 5 nitrogen and oxygen atoms in total. The van der Waals surface area contributed by atoms with Gasteiger partial charge in [0.25, 0.3) is 5.91 Å². The number of pyridine rings is 1. The van der Waals surface area contributed by atoms with Crippen molar-refractivity contribution in [3.63, 3.8) is 0 Å². The van der Waals surface area contributed by atoms with Crippen molar-refractivity contribution in [1.82, 2.24) is 15.2 Å². The number of aromatic nitrogens is 1. The molecule has 2 aliphatic heterocycles. The summed E-state index contributed by atoms with van der Waals surface area (Å²) in [4.78, 5) is 18.9. The first kappa shape index (κ1) is 16.2. The van der Waals surface area contributed by atoms with E-state index < -0.39 is 0 Å². The highest BCUT2D eigenvalue weighted by Crippen LogP contribution is 2.19. The first-order valence-corrected chi connectivity index (χ1v) is 8.89. The highest BCUT2D eigenvalue weighted by molar-refractivity contribution is 5.94. The second-order valence-corrected chi connectivity index (χ2v) is 7.04. The number of hydrogen-bond acceptors (Lipinski definition) is 4. The van der Waals surface area contributed by atoms with Gasteiger partial charge >= 0.3 is 0 Å². The van der Waals surface area contributed by atoms with Gasteiger partial charge in [0.2, 0.25) is 0 Å². The Morgan fingerprint density at radius 1 is 1.26 bits per heavy atom. The van der Waals surface area contributed by atoms with E-state index in [1.165, 1.54) is 6.42 Å². The zero-order valence-electron chi connectivity index (χ0n) is 14.2. The number of rotatable bonds is 3. The minimum absolute atomic E-state index is 0.114. The van der Waals surface area contributed by atoms with Crippen LogP contribution in [0.3, 0.4) is 0 Å². The molecule has 0 radical (unpaired) electrons. The molecule has 126 valence electrons. The first-order valence-electron chi connectivity index (χ1n) is 8.89. The van der Waals surface area contributed by atoms with Gasteiger partial charge in [0.1, 0.15) is 5.82 Å². The maximum atomic E-state index is 12.5. The second kappa shape index (κ2) is 7.30. The Morgan fingerprint density at radius 3 is 2.70 bits per heavy atom. The number of hydrogen-bond donors (Lipinski definition) is 2. The Kier molecular flexibility index (Phi) is 5.16. The largest absolute Gasteiger partial charge is 0.366 e. The topological polar surface area (TPSA) is 57.3 Å². The van der Waals surface area contributed by atoms with Crippen LogP contribution in [0.5, 0.6) is 0 Å². The lowest BCUT2D eigenvalue weighted by molar-refractivity contribution is 0.0697. The van der Waals surface area contributed by atoms with Crippen LogP contribution >= 0.6 is 0 Å². The Labute approximate surface area is 138 Å². The highest BCUT2D eigenvalue weighted by Gasteiger charge is 2.23. The Bertz CT molecular complexity index is 522. The van der Waals surface area contributed by atoms with E-state index in [0.717, 1.165) is 50.6 Å². The van der Waals surface area contributed by atoms with E-state index >= 15 is 0 Å². The molecule has 0 bridgehead atoms. The van der Waals surface area contributed by atoms with Crippen LogP contribution in [0.25, 0.3) is 0 Å². The van der Waals surface area contributed by atoms with Gasteiger partial charge in [-0.3, -0.25) is 4.79 Å². The fourth-order valence-electron chi connectivity index (χ4n) is 3.43. The van der Waals surface area contributed by atoms with Gasteiger partial charge in [0.15, 0.2) is 0 Å². The summed E-state index contributed by atoms with van der Waals surface area (Å²) in [6.07, 6.45) is 6.26. The fraction of sp³-hybridized carbons (Fsp3) is 0.667. The summed E-state index contributed by atoms with van der Waals surface area (Å²) in [7, 11) is 0. The molecule has 3 rings (SSSR count). The van der Waals surface area contributed by atoms with Crippen LogP contribution in [-0.4, -0.2) is 47.5 Å². The Hall–Kier alpha value is -1.62. The van der Waals surface area contributed by atoms with Crippen molar-refractivity contribution < 1.29 is 4.79 Å². The number of nitrogens with one attached hydrogen (secondary N) is 2. The second-order valence-electron chi connectivity index (χ2n) is 7.04. The van der Waals surface area contributed by atoms with Gasteiger partial charge in [-0.15, -0.1) is 0 Å². The fourth-order valence-corrected chi connectivity index (χ4v) is 3.43. The normalized spacial score (nSPS) is 26.1. The molecule has 2 N–H and O–H groups in total. The van der Waals surface area contributed by atoms with Gasteiger partial charge in [-0.2, -0.15) is 0 Å². The van der Waals surface area contributed by atoms with Crippen LogP contribution < -0.4 is 10.6 Å². The summed E-state index contributed by atoms with van der Waals surface area (Å²) in [5.41, 5.74) is 0.694. The molecule has 1 amide bonds. The van der Waals surface area contributed by atoms with Crippen molar-refractivity contribution in [2.45, 2.75) is 51.6 Å². The third-order valence-electron chi connectivity index (χ3n) is 5.18. The zero-order valence-corrected chi connectivity index (χ0v) is 14.2. The van der Waals surface area contributed by atoms with Gasteiger partial charge in [-0.05, 0) is 57.2 Å². The summed E-state index contributed by atoms with van der Waals surface area (Å²) < 4.78 is 0. The number of carbonyl (C=O) groups is 1. The summed E-state index contributed by atoms with van der Waals surface area (Å²) in [6, 6.07) is 4.68. The number of nitrogens with zero attached hydrogens (tertiary/aromatic N) is 2. The molecule has 2 atom stereocenters. The Morgan fingerprint density at radius 2 is 2.04 bits per heavy atom. The summed E-state index contributed by atoms with van der Waals surface area (Å²) >= 11 is 0.